The normalized spacial score (nSPS) is 11.2. The Morgan fingerprint density at radius 2 is 1.61 bits per heavy atom. The Hall–Kier alpha value is -5.42. The molecule has 0 spiro atoms. The molecule has 0 aliphatic rings. The molecule has 1 atom stereocenters. The molecular weight excluding hydrogens is 616 g/mol. The van der Waals surface area contributed by atoms with Gasteiger partial charge < -0.3 is 24.3 Å². The van der Waals surface area contributed by atoms with Gasteiger partial charge in [0.15, 0.2) is 5.78 Å². The van der Waals surface area contributed by atoms with E-state index < -0.39 is 36.4 Å². The number of hydrogen-bond acceptors (Lipinski definition) is 9. The number of carbonyl (C=O) groups is 4. The van der Waals surface area contributed by atoms with Crippen molar-refractivity contribution in [1.29, 1.82) is 0 Å². The van der Waals surface area contributed by atoms with E-state index in [0.29, 0.717) is 27.4 Å². The number of nitrogens with one attached hydrogen (secondary N) is 1. The lowest BCUT2D eigenvalue weighted by Gasteiger charge is -2.22. The van der Waals surface area contributed by atoms with Gasteiger partial charge in [0.05, 0.1) is 25.5 Å². The molecule has 1 aromatic heterocycles. The quantitative estimate of drug-likeness (QED) is 0.110. The predicted octanol–water partition coefficient (Wildman–Crippen LogP) is 6.09. The Bertz CT molecular complexity index is 1790. The number of nitrogens with zero attached hydrogens (tertiary/aromatic N) is 1. The van der Waals surface area contributed by atoms with Crippen molar-refractivity contribution in [2.24, 2.45) is 0 Å². The van der Waals surface area contributed by atoms with Gasteiger partial charge in [0.25, 0.3) is 5.56 Å². The fraction of sp³-hybridized carbons (Fsp3) is 0.206. The van der Waals surface area contributed by atoms with E-state index in [9.17, 15) is 24.0 Å². The average Bonchev–Trinajstić information content (AvgIpc) is 3.04. The molecule has 3 aromatic carbocycles. The summed E-state index contributed by atoms with van der Waals surface area (Å²) >= 11 is 6.23. The van der Waals surface area contributed by atoms with Crippen molar-refractivity contribution in [3.05, 3.63) is 117 Å². The average molecular weight is 647 g/mol. The highest BCUT2D eigenvalue weighted by atomic mass is 35.5. The Kier molecular flexibility index (Phi) is 11.3. The minimum absolute atomic E-state index is 0.116. The van der Waals surface area contributed by atoms with Crippen LogP contribution in [0.1, 0.15) is 46.2 Å². The Balaban J connectivity index is 1.62. The molecule has 0 bridgehead atoms. The number of esters is 1. The molecule has 238 valence electrons. The van der Waals surface area contributed by atoms with Crippen molar-refractivity contribution in [3.63, 3.8) is 0 Å². The molecule has 1 N–H and O–H groups in total. The number of benzene rings is 3. The van der Waals surface area contributed by atoms with E-state index in [0.717, 1.165) is 5.56 Å². The highest BCUT2D eigenvalue weighted by molar-refractivity contribution is 6.31. The van der Waals surface area contributed by atoms with Crippen LogP contribution in [0.3, 0.4) is 0 Å². The zero-order valence-corrected chi connectivity index (χ0v) is 26.0. The molecule has 11 nitrogen and oxygen atoms in total. The third-order valence-electron chi connectivity index (χ3n) is 6.84. The van der Waals surface area contributed by atoms with E-state index in [2.05, 4.69) is 14.8 Å². The number of ether oxygens (including phenoxy) is 4. The molecule has 4 rings (SSSR count). The molecule has 0 saturated carbocycles. The standard InChI is InChI=1S/C34H31ClN2O9/c1-4-44-34(42)46-20-45-33(41)23-10-13-25(14-11-23)36-32(40)29(16-22-8-6-5-7-9-22)37-19-30(43-3)28(18-31(37)39)27-17-24(35)12-15-26(27)21(2)38/h5-15,17-19,29H,4,16,20H2,1-3H3,(H,36,40). The van der Waals surface area contributed by atoms with Crippen LogP contribution in [-0.4, -0.2) is 48.9 Å². The second kappa shape index (κ2) is 15.5. The molecule has 46 heavy (non-hydrogen) atoms. The van der Waals surface area contributed by atoms with Gasteiger partial charge in [-0.05, 0) is 67.4 Å². The predicted molar refractivity (Wildman–Crippen MR) is 170 cm³/mol. The number of pyridine rings is 1. The first-order valence-corrected chi connectivity index (χ1v) is 14.5. The van der Waals surface area contributed by atoms with Crippen LogP contribution >= 0.6 is 11.6 Å². The third-order valence-corrected chi connectivity index (χ3v) is 7.08. The molecule has 0 aliphatic carbocycles. The Labute approximate surface area is 269 Å². The van der Waals surface area contributed by atoms with E-state index in [1.807, 2.05) is 30.3 Å². The largest absolute Gasteiger partial charge is 0.511 e. The number of Topliss-reactive ketones (excluding diaryl/α,β-unsaturated/α-hetero) is 1. The zero-order chi connectivity index (χ0) is 33.2. The molecular formula is C34H31ClN2O9. The second-order valence-electron chi connectivity index (χ2n) is 9.90. The summed E-state index contributed by atoms with van der Waals surface area (Å²) in [6, 6.07) is 20.1. The highest BCUT2D eigenvalue weighted by Gasteiger charge is 2.25. The van der Waals surface area contributed by atoms with Crippen molar-refractivity contribution in [2.75, 3.05) is 25.8 Å². The maximum absolute atomic E-state index is 13.8. The van der Waals surface area contributed by atoms with Crippen LogP contribution in [0.15, 0.2) is 89.9 Å². The van der Waals surface area contributed by atoms with Crippen molar-refractivity contribution in [3.8, 4) is 16.9 Å². The van der Waals surface area contributed by atoms with Crippen LogP contribution in [-0.2, 0) is 25.4 Å². The fourth-order valence-electron chi connectivity index (χ4n) is 4.64. The Morgan fingerprint density at radius 3 is 2.26 bits per heavy atom. The summed E-state index contributed by atoms with van der Waals surface area (Å²) in [6.07, 6.45) is 0.637. The van der Waals surface area contributed by atoms with Gasteiger partial charge >= 0.3 is 12.1 Å². The number of halogens is 1. The lowest BCUT2D eigenvalue weighted by atomic mass is 9.97. The highest BCUT2D eigenvalue weighted by Crippen LogP contribution is 2.34. The maximum atomic E-state index is 13.8. The van der Waals surface area contributed by atoms with Gasteiger partial charge in [-0.15, -0.1) is 0 Å². The number of hydrogen-bond donors (Lipinski definition) is 1. The molecule has 4 aromatic rings. The lowest BCUT2D eigenvalue weighted by molar-refractivity contribution is -0.119. The van der Waals surface area contributed by atoms with Gasteiger partial charge in [0.1, 0.15) is 11.8 Å². The van der Waals surface area contributed by atoms with E-state index in [1.54, 1.807) is 25.1 Å². The number of aromatic nitrogens is 1. The lowest BCUT2D eigenvalue weighted by Crippen LogP contribution is -2.34. The summed E-state index contributed by atoms with van der Waals surface area (Å²) in [6.45, 7) is 2.51. The third kappa shape index (κ3) is 8.39. The number of carbonyl (C=O) groups excluding carboxylic acids is 4. The SMILES string of the molecule is CCOC(=O)OCOC(=O)c1ccc(NC(=O)C(Cc2ccccc2)n2cc(OC)c(-c3cc(Cl)ccc3C(C)=O)cc2=O)cc1. The summed E-state index contributed by atoms with van der Waals surface area (Å²) in [5.74, 6) is -1.23. The molecule has 1 heterocycles. The van der Waals surface area contributed by atoms with E-state index in [1.165, 1.54) is 55.1 Å². The summed E-state index contributed by atoms with van der Waals surface area (Å²) in [7, 11) is 1.42. The molecule has 0 saturated heterocycles. The summed E-state index contributed by atoms with van der Waals surface area (Å²) in [5.41, 5.74) is 1.93. The molecule has 0 aliphatic heterocycles. The first-order chi connectivity index (χ1) is 22.1. The van der Waals surface area contributed by atoms with E-state index >= 15 is 0 Å². The number of ketones is 1. The molecule has 1 unspecified atom stereocenters. The van der Waals surface area contributed by atoms with Gasteiger partial charge in [0, 0.05) is 34.3 Å². The van der Waals surface area contributed by atoms with Crippen LogP contribution in [0.25, 0.3) is 11.1 Å². The minimum atomic E-state index is -1.02. The fourth-order valence-corrected chi connectivity index (χ4v) is 4.81. The van der Waals surface area contributed by atoms with Crippen molar-refractivity contribution >= 4 is 41.1 Å². The van der Waals surface area contributed by atoms with Crippen molar-refractivity contribution in [2.45, 2.75) is 26.3 Å². The summed E-state index contributed by atoms with van der Waals surface area (Å²) in [4.78, 5) is 63.3. The molecule has 1 amide bonds. The number of rotatable bonds is 12. The first kappa shape index (κ1) is 33.5. The van der Waals surface area contributed by atoms with Crippen LogP contribution in [0, 0.1) is 0 Å². The number of amides is 1. The number of methoxy groups -OCH3 is 1. The van der Waals surface area contributed by atoms with Crippen molar-refractivity contribution in [1.82, 2.24) is 4.57 Å². The molecule has 0 fully saturated rings. The first-order valence-electron chi connectivity index (χ1n) is 14.1. The van der Waals surface area contributed by atoms with E-state index in [4.69, 9.17) is 21.1 Å². The van der Waals surface area contributed by atoms with Crippen LogP contribution < -0.4 is 15.6 Å². The zero-order valence-electron chi connectivity index (χ0n) is 25.3. The van der Waals surface area contributed by atoms with Crippen molar-refractivity contribution < 1.29 is 38.1 Å². The van der Waals surface area contributed by atoms with Gasteiger partial charge in [-0.2, -0.15) is 0 Å². The molecule has 12 heteroatoms. The van der Waals surface area contributed by atoms with Crippen LogP contribution in [0.2, 0.25) is 5.02 Å². The van der Waals surface area contributed by atoms with Crippen LogP contribution in [0.4, 0.5) is 10.5 Å². The smallest absolute Gasteiger partial charge is 0.495 e. The maximum Gasteiger partial charge on any atom is 0.511 e. The Morgan fingerprint density at radius 1 is 0.891 bits per heavy atom. The summed E-state index contributed by atoms with van der Waals surface area (Å²) < 4.78 is 21.0. The molecule has 0 radical (unpaired) electrons. The topological polar surface area (TPSA) is 139 Å². The van der Waals surface area contributed by atoms with Gasteiger partial charge in [0.2, 0.25) is 12.7 Å². The van der Waals surface area contributed by atoms with Gasteiger partial charge in [-0.3, -0.25) is 19.0 Å². The van der Waals surface area contributed by atoms with E-state index in [-0.39, 0.29) is 30.1 Å². The second-order valence-corrected chi connectivity index (χ2v) is 10.3. The van der Waals surface area contributed by atoms with Crippen LogP contribution in [0.5, 0.6) is 5.75 Å². The minimum Gasteiger partial charge on any atom is -0.495 e. The monoisotopic (exact) mass is 646 g/mol. The van der Waals surface area contributed by atoms with Gasteiger partial charge in [-0.1, -0.05) is 41.9 Å². The number of anilines is 1. The van der Waals surface area contributed by atoms with Gasteiger partial charge in [-0.25, -0.2) is 9.59 Å². The summed E-state index contributed by atoms with van der Waals surface area (Å²) in [5, 5.41) is 3.17.